The fourth-order valence-corrected chi connectivity index (χ4v) is 4.54. The van der Waals surface area contributed by atoms with Crippen molar-refractivity contribution < 1.29 is 4.79 Å². The molecule has 2 atom stereocenters. The third kappa shape index (κ3) is 3.69. The Morgan fingerprint density at radius 3 is 2.28 bits per heavy atom. The maximum atomic E-state index is 12.4. The van der Waals surface area contributed by atoms with Crippen LogP contribution in [0.15, 0.2) is 0 Å². The molecule has 0 amide bonds. The Labute approximate surface area is 115 Å². The molecule has 0 aromatic carbocycles. The molecule has 2 unspecified atom stereocenters. The van der Waals surface area contributed by atoms with Gasteiger partial charge in [0, 0.05) is 6.42 Å². The minimum atomic E-state index is -1.74. The molecule has 1 aliphatic carbocycles. The molecule has 0 spiro atoms. The van der Waals surface area contributed by atoms with E-state index in [4.69, 9.17) is 0 Å². The van der Waals surface area contributed by atoms with Gasteiger partial charge in [-0.3, -0.25) is 0 Å². The summed E-state index contributed by atoms with van der Waals surface area (Å²) in [4.78, 5) is 12.4. The Morgan fingerprint density at radius 1 is 1.22 bits per heavy atom. The van der Waals surface area contributed by atoms with E-state index in [0.717, 1.165) is 24.7 Å². The van der Waals surface area contributed by atoms with E-state index in [1.54, 1.807) is 0 Å². The Morgan fingerprint density at radius 2 is 1.83 bits per heavy atom. The van der Waals surface area contributed by atoms with Crippen molar-refractivity contribution in [1.29, 1.82) is 0 Å². The maximum absolute atomic E-state index is 12.4. The second kappa shape index (κ2) is 5.90. The molecule has 1 saturated carbocycles. The van der Waals surface area contributed by atoms with Crippen LogP contribution >= 0.6 is 0 Å². The van der Waals surface area contributed by atoms with Crippen LogP contribution in [0.2, 0.25) is 18.1 Å². The van der Waals surface area contributed by atoms with E-state index in [1.807, 2.05) is 0 Å². The monoisotopic (exact) mass is 268 g/mol. The molecular formula is C16H32OSi. The molecule has 0 radical (unpaired) electrons. The maximum Gasteiger partial charge on any atom is 0.132 e. The Bertz CT molecular complexity index is 288. The van der Waals surface area contributed by atoms with Gasteiger partial charge in [-0.05, 0) is 29.7 Å². The largest absolute Gasteiger partial charge is 0.305 e. The van der Waals surface area contributed by atoms with Crippen molar-refractivity contribution in [2.75, 3.05) is 0 Å². The van der Waals surface area contributed by atoms with Crippen molar-refractivity contribution in [3.63, 3.8) is 0 Å². The molecule has 0 aliphatic heterocycles. The summed E-state index contributed by atoms with van der Waals surface area (Å²) in [7, 11) is -1.74. The van der Waals surface area contributed by atoms with Gasteiger partial charge in [-0.2, -0.15) is 0 Å². The van der Waals surface area contributed by atoms with E-state index >= 15 is 0 Å². The van der Waals surface area contributed by atoms with Crippen LogP contribution in [0.3, 0.4) is 0 Å². The van der Waals surface area contributed by atoms with Gasteiger partial charge < -0.3 is 4.79 Å². The lowest BCUT2D eigenvalue weighted by Gasteiger charge is -2.35. The average molecular weight is 269 g/mol. The van der Waals surface area contributed by atoms with Crippen molar-refractivity contribution >= 4 is 13.5 Å². The topological polar surface area (TPSA) is 17.1 Å². The van der Waals surface area contributed by atoms with Gasteiger partial charge in [0.1, 0.15) is 13.5 Å². The van der Waals surface area contributed by atoms with Crippen LogP contribution in [0.1, 0.15) is 66.2 Å². The van der Waals surface area contributed by atoms with Crippen molar-refractivity contribution in [1.82, 2.24) is 0 Å². The normalized spacial score (nSPS) is 25.4. The lowest BCUT2D eigenvalue weighted by molar-refractivity contribution is -0.113. The molecule has 1 nitrogen and oxygen atoms in total. The van der Waals surface area contributed by atoms with Gasteiger partial charge in [-0.25, -0.2) is 0 Å². The van der Waals surface area contributed by atoms with E-state index in [9.17, 15) is 4.79 Å². The first kappa shape index (κ1) is 15.9. The first-order chi connectivity index (χ1) is 8.16. The summed E-state index contributed by atoms with van der Waals surface area (Å²) in [5.74, 6) is 1.80. The summed E-state index contributed by atoms with van der Waals surface area (Å²) in [6.45, 7) is 13.6. The van der Waals surface area contributed by atoms with Crippen molar-refractivity contribution in [3.05, 3.63) is 0 Å². The predicted molar refractivity (Wildman–Crippen MR) is 82.6 cm³/mol. The lowest BCUT2D eigenvalue weighted by Crippen LogP contribution is -2.46. The molecule has 1 aliphatic rings. The van der Waals surface area contributed by atoms with Crippen molar-refractivity contribution in [2.45, 2.75) is 84.4 Å². The van der Waals surface area contributed by atoms with Gasteiger partial charge in [0.25, 0.3) is 0 Å². The third-order valence-corrected chi connectivity index (χ3v) is 11.0. The molecule has 18 heavy (non-hydrogen) atoms. The summed E-state index contributed by atoms with van der Waals surface area (Å²) in [5, 5.41) is 0.783. The quantitative estimate of drug-likeness (QED) is 0.626. The molecule has 0 aromatic heterocycles. The second-order valence-electron chi connectivity index (χ2n) is 7.86. The van der Waals surface area contributed by atoms with Crippen LogP contribution < -0.4 is 0 Å². The number of carbonyl (C=O) groups excluding carboxylic acids is 1. The highest BCUT2D eigenvalue weighted by Gasteiger charge is 2.41. The highest BCUT2D eigenvalue weighted by Crippen LogP contribution is 2.38. The molecule has 0 bridgehead atoms. The standard InChI is InChI=1S/C16H32OSi/c1-13-9-7-10-14(13)11-8-12-15(17)18(5,6)16(2,3)4/h13-14H,7-12H2,1-6H3. The third-order valence-electron chi connectivity index (χ3n) is 5.59. The van der Waals surface area contributed by atoms with Gasteiger partial charge in [-0.15, -0.1) is 0 Å². The molecule has 106 valence electrons. The van der Waals surface area contributed by atoms with Crippen LogP contribution in [0.5, 0.6) is 0 Å². The van der Waals surface area contributed by atoms with Crippen LogP contribution in [0, 0.1) is 11.8 Å². The molecular weight excluding hydrogens is 236 g/mol. The number of hydrogen-bond acceptors (Lipinski definition) is 1. The van der Waals surface area contributed by atoms with Crippen LogP contribution in [-0.2, 0) is 4.79 Å². The highest BCUT2D eigenvalue weighted by atomic mass is 28.3. The number of hydrogen-bond donors (Lipinski definition) is 0. The van der Waals surface area contributed by atoms with Crippen LogP contribution in [0.4, 0.5) is 0 Å². The van der Waals surface area contributed by atoms with Crippen molar-refractivity contribution in [2.24, 2.45) is 11.8 Å². The SMILES string of the molecule is CC1CCCC1CCCC(=O)[Si](C)(C)C(C)(C)C. The summed E-state index contributed by atoms with van der Waals surface area (Å²) in [5.41, 5.74) is 0. The average Bonchev–Trinajstić information content (AvgIpc) is 2.62. The Kier molecular flexibility index (Phi) is 5.22. The molecule has 0 saturated heterocycles. The number of carbonyl (C=O) groups is 1. The predicted octanol–water partition coefficient (Wildman–Crippen LogP) is 5.21. The highest BCUT2D eigenvalue weighted by molar-refractivity contribution is 7.06. The van der Waals surface area contributed by atoms with E-state index in [-0.39, 0.29) is 5.04 Å². The summed E-state index contributed by atoms with van der Waals surface area (Å²) in [6.07, 6.45) is 7.44. The van der Waals surface area contributed by atoms with E-state index < -0.39 is 8.07 Å². The Hall–Kier alpha value is -0.113. The zero-order chi connectivity index (χ0) is 14.0. The molecule has 1 fully saturated rings. The summed E-state index contributed by atoms with van der Waals surface area (Å²) < 4.78 is 0. The number of rotatable bonds is 5. The first-order valence-electron chi connectivity index (χ1n) is 7.69. The summed E-state index contributed by atoms with van der Waals surface area (Å²) in [6, 6.07) is 0. The van der Waals surface area contributed by atoms with E-state index in [1.165, 1.54) is 25.7 Å². The van der Waals surface area contributed by atoms with Crippen LogP contribution in [-0.4, -0.2) is 13.5 Å². The Balaban J connectivity index is 2.37. The minimum absolute atomic E-state index is 0.199. The van der Waals surface area contributed by atoms with Gasteiger partial charge in [0.05, 0.1) is 0 Å². The molecule has 0 N–H and O–H groups in total. The summed E-state index contributed by atoms with van der Waals surface area (Å²) >= 11 is 0. The molecule has 1 rings (SSSR count). The van der Waals surface area contributed by atoms with E-state index in [2.05, 4.69) is 40.8 Å². The smallest absolute Gasteiger partial charge is 0.132 e. The zero-order valence-corrected chi connectivity index (χ0v) is 14.3. The van der Waals surface area contributed by atoms with Crippen molar-refractivity contribution in [3.8, 4) is 0 Å². The van der Waals surface area contributed by atoms with Crippen LogP contribution in [0.25, 0.3) is 0 Å². The second-order valence-corrected chi connectivity index (χ2v) is 13.2. The molecule has 0 heterocycles. The fraction of sp³-hybridized carbons (Fsp3) is 0.938. The lowest BCUT2D eigenvalue weighted by atomic mass is 9.93. The zero-order valence-electron chi connectivity index (χ0n) is 13.3. The van der Waals surface area contributed by atoms with Gasteiger partial charge in [0.2, 0.25) is 0 Å². The molecule has 0 aromatic rings. The van der Waals surface area contributed by atoms with Gasteiger partial charge >= 0.3 is 0 Å². The minimum Gasteiger partial charge on any atom is -0.305 e. The first-order valence-corrected chi connectivity index (χ1v) is 10.7. The van der Waals surface area contributed by atoms with Gasteiger partial charge in [-0.1, -0.05) is 60.1 Å². The van der Waals surface area contributed by atoms with Gasteiger partial charge in [0.15, 0.2) is 0 Å². The van der Waals surface area contributed by atoms with E-state index in [0.29, 0.717) is 5.41 Å². The molecule has 2 heteroatoms. The fourth-order valence-electron chi connectivity index (χ4n) is 2.91.